The number of rotatable bonds is 6. The highest BCUT2D eigenvalue weighted by Crippen LogP contribution is 2.35. The van der Waals surface area contributed by atoms with E-state index in [0.717, 1.165) is 0 Å². The normalized spacial score (nSPS) is 20.7. The Morgan fingerprint density at radius 1 is 0.654 bits per heavy atom. The van der Waals surface area contributed by atoms with Crippen LogP contribution in [0, 0.1) is 55.8 Å². The fourth-order valence-corrected chi connectivity index (χ4v) is 2.84. The fraction of sp³-hybridized carbons (Fsp3) is 0.500. The van der Waals surface area contributed by atoms with E-state index in [4.69, 9.17) is 18.9 Å². The molecule has 8 nitrogen and oxygen atoms in total. The topological polar surface area (TPSA) is 105 Å². The summed E-state index contributed by atoms with van der Waals surface area (Å²) >= 11 is 0. The average Bonchev–Trinajstić information content (AvgIpc) is 2.63. The molecule has 1 aliphatic rings. The predicted molar refractivity (Wildman–Crippen MR) is 88.1 cm³/mol. The first kappa shape index (κ1) is 21.9. The molecule has 0 heterocycles. The van der Waals surface area contributed by atoms with Crippen LogP contribution in [0.3, 0.4) is 0 Å². The molecule has 143 valence electrons. The number of methoxy groups -OCH3 is 4. The van der Waals surface area contributed by atoms with E-state index in [1.165, 1.54) is 28.4 Å². The second kappa shape index (κ2) is 10.8. The van der Waals surface area contributed by atoms with E-state index in [9.17, 15) is 19.2 Å². The summed E-state index contributed by atoms with van der Waals surface area (Å²) in [5, 5.41) is 0. The Kier molecular flexibility index (Phi) is 9.09. The van der Waals surface area contributed by atoms with Crippen LogP contribution in [-0.2, 0) is 38.1 Å². The molecule has 2 atom stereocenters. The van der Waals surface area contributed by atoms with Crippen LogP contribution in [0.1, 0.15) is 6.42 Å². The van der Waals surface area contributed by atoms with Gasteiger partial charge in [0.25, 0.3) is 0 Å². The lowest BCUT2D eigenvalue weighted by molar-refractivity contribution is -0.161. The molecule has 0 aliphatic heterocycles. The smallest absolute Gasteiger partial charge is 0.320 e. The monoisotopic (exact) mass is 367 g/mol. The highest BCUT2D eigenvalue weighted by molar-refractivity contribution is 5.96. The fourth-order valence-electron chi connectivity index (χ4n) is 2.84. The molecule has 0 bridgehead atoms. The van der Waals surface area contributed by atoms with E-state index < -0.39 is 47.5 Å². The zero-order chi connectivity index (χ0) is 19.7. The Morgan fingerprint density at radius 2 is 0.962 bits per heavy atom. The predicted octanol–water partition coefficient (Wildman–Crippen LogP) is 0.568. The van der Waals surface area contributed by atoms with E-state index in [0.29, 0.717) is 0 Å². The third kappa shape index (κ3) is 5.44. The van der Waals surface area contributed by atoms with Crippen molar-refractivity contribution in [1.82, 2.24) is 0 Å². The molecule has 8 heteroatoms. The van der Waals surface area contributed by atoms with Crippen LogP contribution in [0.5, 0.6) is 0 Å². The SMILES string of the molecule is COC(=O)C(C(=O)OC)[C@@H]1[CH][CH][CH][CH][CH][C@H](C(C(=O)OC)C(=O)OC)C1. The molecule has 26 heavy (non-hydrogen) atoms. The minimum Gasteiger partial charge on any atom is -0.468 e. The lowest BCUT2D eigenvalue weighted by atomic mass is 9.73. The van der Waals surface area contributed by atoms with E-state index in [1.54, 1.807) is 32.1 Å². The summed E-state index contributed by atoms with van der Waals surface area (Å²) in [7, 11) is 4.67. The Balaban J connectivity index is 3.16. The third-order valence-electron chi connectivity index (χ3n) is 4.16. The summed E-state index contributed by atoms with van der Waals surface area (Å²) in [4.78, 5) is 48.4. The highest BCUT2D eigenvalue weighted by Gasteiger charge is 2.43. The molecule has 0 spiro atoms. The van der Waals surface area contributed by atoms with Gasteiger partial charge in [-0.1, -0.05) is 0 Å². The van der Waals surface area contributed by atoms with Crippen molar-refractivity contribution in [2.24, 2.45) is 23.7 Å². The standard InChI is InChI=1S/C18H23O8/c1-23-15(19)13(16(20)24-2)11-8-6-5-7-9-12(10-11)14(17(21)25-3)18(22)26-4/h5-9,11-14H,10H2,1-4H3/t11-,12+. The van der Waals surface area contributed by atoms with Crippen molar-refractivity contribution in [3.05, 3.63) is 32.1 Å². The van der Waals surface area contributed by atoms with E-state index in [2.05, 4.69) is 0 Å². The van der Waals surface area contributed by atoms with E-state index in [1.807, 2.05) is 0 Å². The summed E-state index contributed by atoms with van der Waals surface area (Å²) in [6.07, 6.45) is 8.41. The number of carbonyl (C=O) groups is 4. The molecule has 0 aromatic carbocycles. The Labute approximate surface area is 153 Å². The molecule has 1 aliphatic carbocycles. The van der Waals surface area contributed by atoms with Gasteiger partial charge < -0.3 is 18.9 Å². The van der Waals surface area contributed by atoms with Crippen LogP contribution in [0.2, 0.25) is 0 Å². The molecule has 0 N–H and O–H groups in total. The molecule has 1 saturated carbocycles. The second-order valence-electron chi connectivity index (χ2n) is 5.57. The van der Waals surface area contributed by atoms with Crippen molar-refractivity contribution in [2.45, 2.75) is 6.42 Å². The van der Waals surface area contributed by atoms with Gasteiger partial charge in [0.2, 0.25) is 0 Å². The quantitative estimate of drug-likeness (QED) is 0.381. The zero-order valence-corrected chi connectivity index (χ0v) is 15.2. The Bertz CT molecular complexity index is 439. The molecule has 0 saturated heterocycles. The van der Waals surface area contributed by atoms with Gasteiger partial charge in [0.05, 0.1) is 28.4 Å². The van der Waals surface area contributed by atoms with Gasteiger partial charge in [0, 0.05) is 0 Å². The van der Waals surface area contributed by atoms with Crippen molar-refractivity contribution in [2.75, 3.05) is 28.4 Å². The van der Waals surface area contributed by atoms with Crippen LogP contribution in [-0.4, -0.2) is 52.3 Å². The summed E-state index contributed by atoms with van der Waals surface area (Å²) in [5.41, 5.74) is 0. The largest absolute Gasteiger partial charge is 0.468 e. The molecular weight excluding hydrogens is 344 g/mol. The van der Waals surface area contributed by atoms with Crippen LogP contribution < -0.4 is 0 Å². The first-order valence-corrected chi connectivity index (χ1v) is 7.90. The molecule has 0 aromatic rings. The minimum atomic E-state index is -1.22. The zero-order valence-electron chi connectivity index (χ0n) is 15.2. The molecule has 5 radical (unpaired) electrons. The van der Waals surface area contributed by atoms with Gasteiger partial charge in [0.1, 0.15) is 0 Å². The number of hydrogen-bond donors (Lipinski definition) is 0. The molecule has 0 unspecified atom stereocenters. The van der Waals surface area contributed by atoms with E-state index >= 15 is 0 Å². The first-order chi connectivity index (χ1) is 12.4. The van der Waals surface area contributed by atoms with Crippen molar-refractivity contribution in [3.63, 3.8) is 0 Å². The Morgan fingerprint density at radius 3 is 1.23 bits per heavy atom. The number of ether oxygens (including phenoxy) is 4. The molecule has 0 amide bonds. The summed E-state index contributed by atoms with van der Waals surface area (Å²) < 4.78 is 18.8. The van der Waals surface area contributed by atoms with Crippen molar-refractivity contribution in [3.8, 4) is 0 Å². The first-order valence-electron chi connectivity index (χ1n) is 7.90. The van der Waals surface area contributed by atoms with Gasteiger partial charge in [-0.05, 0) is 50.4 Å². The van der Waals surface area contributed by atoms with Crippen molar-refractivity contribution < 1.29 is 38.1 Å². The maximum atomic E-state index is 12.1. The van der Waals surface area contributed by atoms with Gasteiger partial charge in [-0.25, -0.2) is 0 Å². The van der Waals surface area contributed by atoms with Crippen molar-refractivity contribution >= 4 is 23.9 Å². The minimum absolute atomic E-state index is 0.130. The second-order valence-corrected chi connectivity index (χ2v) is 5.57. The number of esters is 4. The highest BCUT2D eigenvalue weighted by atomic mass is 16.5. The van der Waals surface area contributed by atoms with Gasteiger partial charge in [-0.3, -0.25) is 19.2 Å². The van der Waals surface area contributed by atoms with Gasteiger partial charge in [-0.15, -0.1) is 0 Å². The third-order valence-corrected chi connectivity index (χ3v) is 4.16. The lowest BCUT2D eigenvalue weighted by Crippen LogP contribution is -2.40. The maximum Gasteiger partial charge on any atom is 0.320 e. The average molecular weight is 367 g/mol. The van der Waals surface area contributed by atoms with Crippen LogP contribution in [0.4, 0.5) is 0 Å². The molecule has 0 aromatic heterocycles. The summed E-state index contributed by atoms with van der Waals surface area (Å²) in [5.74, 6) is -6.80. The van der Waals surface area contributed by atoms with Gasteiger partial charge in [0.15, 0.2) is 11.8 Å². The number of carbonyl (C=O) groups excluding carboxylic acids is 4. The lowest BCUT2D eigenvalue weighted by Gasteiger charge is -2.31. The summed E-state index contributed by atoms with van der Waals surface area (Å²) in [6, 6.07) is 0. The van der Waals surface area contributed by atoms with Gasteiger partial charge in [-0.2, -0.15) is 0 Å². The van der Waals surface area contributed by atoms with E-state index in [-0.39, 0.29) is 6.42 Å². The van der Waals surface area contributed by atoms with Crippen molar-refractivity contribution in [1.29, 1.82) is 0 Å². The maximum absolute atomic E-state index is 12.1. The Hall–Kier alpha value is -2.12. The summed E-state index contributed by atoms with van der Waals surface area (Å²) in [6.45, 7) is 0. The van der Waals surface area contributed by atoms with Crippen LogP contribution in [0.25, 0.3) is 0 Å². The molecular formula is C18H23O8. The molecule has 1 rings (SSSR count). The molecule has 1 fully saturated rings. The van der Waals surface area contributed by atoms with Crippen LogP contribution in [0.15, 0.2) is 0 Å². The van der Waals surface area contributed by atoms with Gasteiger partial charge >= 0.3 is 23.9 Å². The van der Waals surface area contributed by atoms with Crippen LogP contribution >= 0.6 is 0 Å². The number of hydrogen-bond acceptors (Lipinski definition) is 8.